The van der Waals surface area contributed by atoms with Crippen molar-refractivity contribution in [3.8, 4) is 0 Å². The molecule has 10 nitrogen and oxygen atoms in total. The normalized spacial score (nSPS) is 28.9. The number of carbonyl (C=O) groups is 2. The van der Waals surface area contributed by atoms with Gasteiger partial charge in [-0.1, -0.05) is 12.1 Å². The minimum absolute atomic E-state index is 0.0124. The van der Waals surface area contributed by atoms with Gasteiger partial charge in [-0.3, -0.25) is 9.68 Å². The summed E-state index contributed by atoms with van der Waals surface area (Å²) in [6, 6.07) is 7.05. The van der Waals surface area contributed by atoms with Crippen LogP contribution in [0, 0.1) is 0 Å². The van der Waals surface area contributed by atoms with Gasteiger partial charge in [0.1, 0.15) is 14.1 Å². The highest BCUT2D eigenvalue weighted by Gasteiger charge is 2.57. The second-order valence-electron chi connectivity index (χ2n) is 10.2. The third-order valence-corrected chi connectivity index (χ3v) is 6.76. The Morgan fingerprint density at radius 3 is 1.41 bits per heavy atom. The number of nitrogens with zero attached hydrogens (tertiary/aromatic N) is 6. The van der Waals surface area contributed by atoms with Gasteiger partial charge in [0.25, 0.3) is 0 Å². The number of hydrogen-bond acceptors (Lipinski definition) is 4. The molecule has 2 saturated heterocycles. The molecule has 1 aromatic carbocycles. The maximum Gasteiger partial charge on any atom is 0.488 e. The molecule has 0 spiro atoms. The number of hydrogen-bond donors (Lipinski definition) is 0. The zero-order valence-electron chi connectivity index (χ0n) is 22.2. The van der Waals surface area contributed by atoms with Crippen molar-refractivity contribution in [2.45, 2.75) is 25.9 Å². The predicted octanol–water partition coefficient (Wildman–Crippen LogP) is 0.647. The van der Waals surface area contributed by atoms with Gasteiger partial charge in [0.15, 0.2) is 25.2 Å². The van der Waals surface area contributed by atoms with E-state index in [-0.39, 0.29) is 32.5 Å². The second-order valence-corrected chi connectivity index (χ2v) is 10.2. The van der Waals surface area contributed by atoms with E-state index in [4.69, 9.17) is 9.68 Å². The average molecular weight is 477 g/mol. The number of carbonyl (C=O) groups excluding carboxylic acids is 2. The molecule has 186 valence electrons. The maximum atomic E-state index is 13.4. The maximum absolute atomic E-state index is 13.4. The number of guanidine groups is 2. The molecule has 0 bridgehead atoms. The average Bonchev–Trinajstić information content (AvgIpc) is 3.08. The van der Waals surface area contributed by atoms with Crippen molar-refractivity contribution in [2.75, 3.05) is 69.5 Å². The molecule has 1 aromatic rings. The molecule has 34 heavy (non-hydrogen) atoms. The molecular weight excluding hydrogens is 436 g/mol. The minimum atomic E-state index is -0.566. The fourth-order valence-electron chi connectivity index (χ4n) is 5.41. The third-order valence-electron chi connectivity index (χ3n) is 6.76. The molecule has 0 saturated carbocycles. The predicted molar refractivity (Wildman–Crippen MR) is 128 cm³/mol. The molecule has 0 aliphatic carbocycles. The fraction of sp³-hybridized carbons (Fsp3) is 0.583. The molecule has 3 rings (SSSR count). The first kappa shape index (κ1) is 25.6. The van der Waals surface area contributed by atoms with Crippen molar-refractivity contribution in [3.63, 3.8) is 0 Å². The molecule has 2 heterocycles. The number of likely N-dealkylation sites (N-methyl/N-ethyl adjacent to an activating group) is 4. The summed E-state index contributed by atoms with van der Waals surface area (Å²) >= 11 is 0. The summed E-state index contributed by atoms with van der Waals surface area (Å²) in [7, 11) is 15.4. The number of hydroxylamine groups is 6. The standard InChI is InChI=1S/C24H40N6O4/c1-17-15-29(9,23(25(3)4)27(17)7)33-21(31)19-13-11-12-14-20(19)22(32)34-30(10)16-18(2)28(8)24(30)26(5)6/h11-14,17-18H,15-16H2,1-10H3/q+4. The van der Waals surface area contributed by atoms with Crippen molar-refractivity contribution in [1.82, 2.24) is 9.80 Å². The highest BCUT2D eigenvalue weighted by Crippen LogP contribution is 2.26. The summed E-state index contributed by atoms with van der Waals surface area (Å²) in [5.41, 5.74) is 0.372. The van der Waals surface area contributed by atoms with Crippen LogP contribution in [0.1, 0.15) is 34.6 Å². The first-order valence-electron chi connectivity index (χ1n) is 11.5. The van der Waals surface area contributed by atoms with Crippen molar-refractivity contribution in [3.05, 3.63) is 35.4 Å². The van der Waals surface area contributed by atoms with Gasteiger partial charge in [-0.05, 0) is 35.3 Å². The van der Waals surface area contributed by atoms with Crippen LogP contribution in [0.25, 0.3) is 0 Å². The lowest BCUT2D eigenvalue weighted by Gasteiger charge is -2.24. The van der Waals surface area contributed by atoms with E-state index in [0.717, 1.165) is 11.9 Å². The molecule has 4 atom stereocenters. The molecule has 0 radical (unpaired) electrons. The summed E-state index contributed by atoms with van der Waals surface area (Å²) in [5.74, 6) is 0.586. The van der Waals surface area contributed by atoms with Crippen molar-refractivity contribution in [2.24, 2.45) is 0 Å². The van der Waals surface area contributed by atoms with Gasteiger partial charge in [0.05, 0.1) is 53.4 Å². The number of quaternary nitrogens is 2. The monoisotopic (exact) mass is 476 g/mol. The first-order chi connectivity index (χ1) is 15.7. The largest absolute Gasteiger partial charge is 0.488 e. The molecule has 2 aliphatic heterocycles. The topological polar surface area (TPSA) is 65.1 Å². The Bertz CT molecular complexity index is 978. The molecule has 2 aliphatic rings. The van der Waals surface area contributed by atoms with E-state index in [2.05, 4.69) is 23.6 Å². The van der Waals surface area contributed by atoms with Gasteiger partial charge in [0, 0.05) is 0 Å². The van der Waals surface area contributed by atoms with E-state index in [1.165, 1.54) is 0 Å². The summed E-state index contributed by atoms with van der Waals surface area (Å²) in [5, 5.41) is 0. The van der Waals surface area contributed by atoms with Crippen LogP contribution < -0.4 is 0 Å². The highest BCUT2D eigenvalue weighted by molar-refractivity contribution is 6.03. The van der Waals surface area contributed by atoms with E-state index in [0.29, 0.717) is 13.1 Å². The molecule has 2 fully saturated rings. The molecule has 0 N–H and O–H groups in total. The molecule has 0 aromatic heterocycles. The zero-order chi connectivity index (χ0) is 25.6. The van der Waals surface area contributed by atoms with Crippen molar-refractivity contribution < 1.29 is 37.7 Å². The van der Waals surface area contributed by atoms with Gasteiger partial charge in [-0.2, -0.15) is 0 Å². The van der Waals surface area contributed by atoms with E-state index >= 15 is 0 Å². The summed E-state index contributed by atoms with van der Waals surface area (Å²) < 4.78 is 3.88. The first-order valence-corrected chi connectivity index (χ1v) is 11.5. The number of rotatable bonds is 4. The van der Waals surface area contributed by atoms with E-state index in [1.54, 1.807) is 24.3 Å². The van der Waals surface area contributed by atoms with Crippen LogP contribution in [0.2, 0.25) is 0 Å². The SMILES string of the molecule is CC1C[N+](C)(OC(=O)c2ccccc2C(=O)O[N+]2(C)CC(C)N(C)C2=[N+](C)C)C(=[N+](C)C)N1C. The van der Waals surface area contributed by atoms with Crippen LogP contribution in [0.4, 0.5) is 0 Å². The molecule has 10 heteroatoms. The lowest BCUT2D eigenvalue weighted by molar-refractivity contribution is -1.01. The Kier molecular flexibility index (Phi) is 6.78. The lowest BCUT2D eigenvalue weighted by Crippen LogP contribution is -2.53. The van der Waals surface area contributed by atoms with Crippen LogP contribution in [0.15, 0.2) is 24.3 Å². The van der Waals surface area contributed by atoms with Crippen LogP contribution in [0.5, 0.6) is 0 Å². The Hall–Kier alpha value is -2.98. The Balaban J connectivity index is 1.91. The smallest absolute Gasteiger partial charge is 0.259 e. The molecular formula is C24H40N6O4+4. The number of benzene rings is 1. The molecule has 0 amide bonds. The van der Waals surface area contributed by atoms with Crippen molar-refractivity contribution in [1.29, 1.82) is 0 Å². The zero-order valence-corrected chi connectivity index (χ0v) is 22.2. The van der Waals surface area contributed by atoms with Gasteiger partial charge in [-0.25, -0.2) is 28.5 Å². The third kappa shape index (κ3) is 4.39. The Morgan fingerprint density at radius 1 is 0.794 bits per heavy atom. The van der Waals surface area contributed by atoms with Gasteiger partial charge >= 0.3 is 23.9 Å². The Morgan fingerprint density at radius 2 is 1.12 bits per heavy atom. The summed E-state index contributed by atoms with van der Waals surface area (Å²) in [4.78, 5) is 43.0. The van der Waals surface area contributed by atoms with Crippen molar-refractivity contribution >= 4 is 23.9 Å². The quantitative estimate of drug-likeness (QED) is 0.470. The summed E-state index contributed by atoms with van der Waals surface area (Å²) in [6.45, 7) is 5.37. The highest BCUT2D eigenvalue weighted by atomic mass is 16.8. The second kappa shape index (κ2) is 8.99. The minimum Gasteiger partial charge on any atom is -0.259 e. The Labute approximate surface area is 202 Å². The van der Waals surface area contributed by atoms with Crippen LogP contribution in [-0.4, -0.2) is 134 Å². The lowest BCUT2D eigenvalue weighted by atomic mass is 10.1. The van der Waals surface area contributed by atoms with E-state index < -0.39 is 11.9 Å². The molecule has 4 unspecified atom stereocenters. The van der Waals surface area contributed by atoms with E-state index in [1.807, 2.05) is 65.5 Å². The van der Waals surface area contributed by atoms with Crippen LogP contribution in [-0.2, 0) is 9.68 Å². The van der Waals surface area contributed by atoms with Gasteiger partial charge < -0.3 is 0 Å². The van der Waals surface area contributed by atoms with Gasteiger partial charge in [0.2, 0.25) is 0 Å². The van der Waals surface area contributed by atoms with E-state index in [9.17, 15) is 9.59 Å². The van der Waals surface area contributed by atoms with Gasteiger partial charge in [-0.15, -0.1) is 0 Å². The summed E-state index contributed by atoms with van der Waals surface area (Å²) in [6.07, 6.45) is 0. The van der Waals surface area contributed by atoms with Crippen LogP contribution in [0.3, 0.4) is 0 Å². The fourth-order valence-corrected chi connectivity index (χ4v) is 5.41. The van der Waals surface area contributed by atoms with Crippen LogP contribution >= 0.6 is 0 Å².